The van der Waals surface area contributed by atoms with E-state index in [0.717, 1.165) is 38.7 Å². The van der Waals surface area contributed by atoms with E-state index in [1.807, 2.05) is 24.0 Å². The highest BCUT2D eigenvalue weighted by Crippen LogP contribution is 2.28. The van der Waals surface area contributed by atoms with Crippen LogP contribution in [0.3, 0.4) is 0 Å². The molecule has 0 saturated carbocycles. The zero-order chi connectivity index (χ0) is 16.7. The van der Waals surface area contributed by atoms with E-state index in [-0.39, 0.29) is 5.91 Å². The van der Waals surface area contributed by atoms with Gasteiger partial charge in [0.25, 0.3) is 5.91 Å². The van der Waals surface area contributed by atoms with Crippen molar-refractivity contribution in [2.45, 2.75) is 6.92 Å². The van der Waals surface area contributed by atoms with Crippen molar-refractivity contribution >= 4 is 48.7 Å². The Morgan fingerprint density at radius 3 is 2.79 bits per heavy atom. The molecule has 1 N–H and O–H groups in total. The molecule has 1 fully saturated rings. The minimum Gasteiger partial charge on any atom is -0.344 e. The standard InChI is InChI=1S/C15H15BrN6OS/c1-9-11(16)12(20-19-9)14(23)21-5-7-22(8-6-21)15-18-10-3-2-4-17-13(10)24-15/h2-4H,5-8H2,1H3,(H,19,20). The highest BCUT2D eigenvalue weighted by molar-refractivity contribution is 9.10. The first-order valence-electron chi connectivity index (χ1n) is 7.60. The van der Waals surface area contributed by atoms with Crippen molar-refractivity contribution in [3.05, 3.63) is 34.2 Å². The lowest BCUT2D eigenvalue weighted by Crippen LogP contribution is -2.49. The predicted octanol–water partition coefficient (Wildman–Crippen LogP) is 2.45. The Morgan fingerprint density at radius 2 is 2.12 bits per heavy atom. The van der Waals surface area contributed by atoms with Gasteiger partial charge in [0, 0.05) is 38.1 Å². The molecule has 9 heteroatoms. The van der Waals surface area contributed by atoms with Crippen LogP contribution in [-0.2, 0) is 0 Å². The van der Waals surface area contributed by atoms with Gasteiger partial charge in [-0.2, -0.15) is 5.10 Å². The summed E-state index contributed by atoms with van der Waals surface area (Å²) in [6, 6.07) is 3.87. The van der Waals surface area contributed by atoms with Gasteiger partial charge < -0.3 is 9.80 Å². The Hall–Kier alpha value is -2.00. The summed E-state index contributed by atoms with van der Waals surface area (Å²) >= 11 is 5.01. The second-order valence-electron chi connectivity index (χ2n) is 5.61. The fourth-order valence-electron chi connectivity index (χ4n) is 2.70. The number of nitrogens with one attached hydrogen (secondary N) is 1. The molecule has 1 aliphatic heterocycles. The van der Waals surface area contributed by atoms with Crippen LogP contribution < -0.4 is 4.90 Å². The van der Waals surface area contributed by atoms with E-state index in [0.29, 0.717) is 18.8 Å². The molecule has 0 bridgehead atoms. The molecule has 7 nitrogen and oxygen atoms in total. The molecular formula is C15H15BrN6OS. The third-order valence-corrected chi connectivity index (χ3v) is 6.08. The molecule has 4 rings (SSSR count). The van der Waals surface area contributed by atoms with Crippen LogP contribution in [0.1, 0.15) is 16.2 Å². The zero-order valence-corrected chi connectivity index (χ0v) is 15.4. The van der Waals surface area contributed by atoms with Crippen molar-refractivity contribution in [3.8, 4) is 0 Å². The summed E-state index contributed by atoms with van der Waals surface area (Å²) in [6.07, 6.45) is 1.78. The number of aromatic amines is 1. The third kappa shape index (κ3) is 2.67. The fraction of sp³-hybridized carbons (Fsp3) is 0.333. The van der Waals surface area contributed by atoms with E-state index in [1.165, 1.54) is 0 Å². The van der Waals surface area contributed by atoms with Gasteiger partial charge in [0.15, 0.2) is 10.8 Å². The lowest BCUT2D eigenvalue weighted by atomic mass is 10.2. The minimum absolute atomic E-state index is 0.0446. The molecule has 0 aromatic carbocycles. The third-order valence-electron chi connectivity index (χ3n) is 4.07. The quantitative estimate of drug-likeness (QED) is 0.706. The Labute approximate surface area is 150 Å². The average Bonchev–Trinajstić information content (AvgIpc) is 3.19. The Balaban J connectivity index is 1.46. The van der Waals surface area contributed by atoms with Crippen LogP contribution in [0.15, 0.2) is 22.8 Å². The lowest BCUT2D eigenvalue weighted by molar-refractivity contribution is 0.0740. The zero-order valence-electron chi connectivity index (χ0n) is 13.0. The maximum Gasteiger partial charge on any atom is 0.275 e. The highest BCUT2D eigenvalue weighted by Gasteiger charge is 2.27. The van der Waals surface area contributed by atoms with Gasteiger partial charge in [-0.3, -0.25) is 9.89 Å². The highest BCUT2D eigenvalue weighted by atomic mass is 79.9. The van der Waals surface area contributed by atoms with Crippen molar-refractivity contribution in [3.63, 3.8) is 0 Å². The Kier molecular flexibility index (Phi) is 3.97. The number of hydrogen-bond donors (Lipinski definition) is 1. The number of nitrogens with zero attached hydrogens (tertiary/aromatic N) is 5. The van der Waals surface area contributed by atoms with Gasteiger partial charge in [-0.1, -0.05) is 11.3 Å². The molecular weight excluding hydrogens is 392 g/mol. The van der Waals surface area contributed by atoms with Gasteiger partial charge in [0.2, 0.25) is 0 Å². The number of aryl methyl sites for hydroxylation is 1. The molecule has 3 aromatic heterocycles. The van der Waals surface area contributed by atoms with E-state index >= 15 is 0 Å². The fourth-order valence-corrected chi connectivity index (χ4v) is 4.01. The molecule has 0 unspecified atom stereocenters. The van der Waals surface area contributed by atoms with Crippen molar-refractivity contribution < 1.29 is 4.79 Å². The van der Waals surface area contributed by atoms with Gasteiger partial charge in [0.1, 0.15) is 10.3 Å². The second-order valence-corrected chi connectivity index (χ2v) is 7.36. The summed E-state index contributed by atoms with van der Waals surface area (Å²) < 4.78 is 0.743. The number of carbonyl (C=O) groups excluding carboxylic acids is 1. The molecule has 0 radical (unpaired) electrons. The lowest BCUT2D eigenvalue weighted by Gasteiger charge is -2.34. The van der Waals surface area contributed by atoms with Gasteiger partial charge in [-0.25, -0.2) is 9.97 Å². The van der Waals surface area contributed by atoms with Gasteiger partial charge >= 0.3 is 0 Å². The molecule has 1 aliphatic rings. The number of halogens is 1. The number of amides is 1. The van der Waals surface area contributed by atoms with Gasteiger partial charge in [-0.15, -0.1) is 0 Å². The first-order chi connectivity index (χ1) is 11.6. The van der Waals surface area contributed by atoms with Crippen LogP contribution in [0.4, 0.5) is 5.13 Å². The number of rotatable bonds is 2. The monoisotopic (exact) mass is 406 g/mol. The summed E-state index contributed by atoms with van der Waals surface area (Å²) in [7, 11) is 0. The molecule has 3 aromatic rings. The second kappa shape index (κ2) is 6.14. The van der Waals surface area contributed by atoms with Crippen molar-refractivity contribution in [1.82, 2.24) is 25.1 Å². The number of piperazine rings is 1. The molecule has 124 valence electrons. The molecule has 0 aliphatic carbocycles. The summed E-state index contributed by atoms with van der Waals surface area (Å²) in [5.74, 6) is -0.0446. The molecule has 0 atom stereocenters. The first kappa shape index (κ1) is 15.5. The maximum absolute atomic E-state index is 12.6. The minimum atomic E-state index is -0.0446. The molecule has 0 spiro atoms. The number of anilines is 1. The predicted molar refractivity (Wildman–Crippen MR) is 96.6 cm³/mol. The van der Waals surface area contributed by atoms with E-state index in [2.05, 4.69) is 41.0 Å². The number of H-pyrrole nitrogens is 1. The smallest absolute Gasteiger partial charge is 0.275 e. The first-order valence-corrected chi connectivity index (χ1v) is 9.20. The van der Waals surface area contributed by atoms with E-state index in [4.69, 9.17) is 0 Å². The number of fused-ring (bicyclic) bond motifs is 1. The van der Waals surface area contributed by atoms with Crippen LogP contribution in [0.5, 0.6) is 0 Å². The normalized spacial score (nSPS) is 15.2. The van der Waals surface area contributed by atoms with Gasteiger partial charge in [0.05, 0.1) is 4.47 Å². The number of hydrogen-bond acceptors (Lipinski definition) is 6. The van der Waals surface area contributed by atoms with Gasteiger partial charge in [-0.05, 0) is 35.0 Å². The summed E-state index contributed by atoms with van der Waals surface area (Å²) in [6.45, 7) is 4.70. The Morgan fingerprint density at radius 1 is 1.33 bits per heavy atom. The SMILES string of the molecule is Cc1[nH]nc(C(=O)N2CCN(c3nc4cccnc4s3)CC2)c1Br. The number of carbonyl (C=O) groups is 1. The van der Waals surface area contributed by atoms with Crippen LogP contribution in [0.25, 0.3) is 10.3 Å². The Bertz CT molecular complexity index is 865. The molecule has 1 amide bonds. The van der Waals surface area contributed by atoms with E-state index < -0.39 is 0 Å². The molecule has 1 saturated heterocycles. The maximum atomic E-state index is 12.6. The summed E-state index contributed by atoms with van der Waals surface area (Å²) in [4.78, 5) is 26.6. The van der Waals surface area contributed by atoms with Crippen LogP contribution in [-0.4, -0.2) is 57.2 Å². The molecule has 24 heavy (non-hydrogen) atoms. The van der Waals surface area contributed by atoms with Crippen LogP contribution >= 0.6 is 27.3 Å². The number of pyridine rings is 1. The summed E-state index contributed by atoms with van der Waals surface area (Å²) in [5, 5.41) is 7.90. The van der Waals surface area contributed by atoms with E-state index in [9.17, 15) is 4.79 Å². The topological polar surface area (TPSA) is 78.0 Å². The number of aromatic nitrogens is 4. The van der Waals surface area contributed by atoms with Crippen molar-refractivity contribution in [2.24, 2.45) is 0 Å². The van der Waals surface area contributed by atoms with Crippen molar-refractivity contribution in [2.75, 3.05) is 31.1 Å². The van der Waals surface area contributed by atoms with Crippen LogP contribution in [0.2, 0.25) is 0 Å². The van der Waals surface area contributed by atoms with Crippen molar-refractivity contribution in [1.29, 1.82) is 0 Å². The van der Waals surface area contributed by atoms with Crippen LogP contribution in [0, 0.1) is 6.92 Å². The summed E-state index contributed by atoms with van der Waals surface area (Å²) in [5.41, 5.74) is 2.23. The average molecular weight is 407 g/mol. The number of thiazole rings is 1. The largest absolute Gasteiger partial charge is 0.344 e. The molecule has 4 heterocycles. The van der Waals surface area contributed by atoms with E-state index in [1.54, 1.807) is 17.5 Å².